The molecule has 6 rings (SSSR count). The zero-order valence-electron chi connectivity index (χ0n) is 35.8. The number of fused-ring (bicyclic) bond motifs is 1. The second-order valence-corrected chi connectivity index (χ2v) is 18.3. The molecule has 0 spiro atoms. The molecule has 0 saturated carbocycles. The van der Waals surface area contributed by atoms with Crippen LogP contribution in [0.5, 0.6) is 23.1 Å². The van der Waals surface area contributed by atoms with E-state index in [-0.39, 0.29) is 76.0 Å². The number of hydrogen-bond donors (Lipinski definition) is 8. The molecule has 0 fully saturated rings. The summed E-state index contributed by atoms with van der Waals surface area (Å²) in [5.74, 6) is -3.87. The molecule has 0 amide bonds. The fraction of sp³-hybridized carbons (Fsp3) is 0.231. The van der Waals surface area contributed by atoms with Crippen molar-refractivity contribution in [3.63, 3.8) is 0 Å². The van der Waals surface area contributed by atoms with Crippen molar-refractivity contribution in [2.75, 3.05) is 40.6 Å². The van der Waals surface area contributed by atoms with Crippen molar-refractivity contribution in [1.29, 1.82) is 0 Å². The van der Waals surface area contributed by atoms with Gasteiger partial charge in [0.05, 0.1) is 50.3 Å². The van der Waals surface area contributed by atoms with Crippen LogP contribution in [-0.4, -0.2) is 127 Å². The number of carbonyl (C=O) groups is 1. The molecule has 69 heavy (non-hydrogen) atoms. The molecule has 8 N–H and O–H groups in total. The first-order chi connectivity index (χ1) is 32.5. The van der Waals surface area contributed by atoms with Gasteiger partial charge in [0.15, 0.2) is 5.69 Å². The van der Waals surface area contributed by atoms with E-state index in [1.807, 2.05) is 0 Å². The number of hydrogen-bond acceptors (Lipinski definition) is 22. The number of carboxylic acids is 1. The van der Waals surface area contributed by atoms with Gasteiger partial charge < -0.3 is 44.5 Å². The number of aliphatic hydroxyl groups excluding tert-OH is 2. The number of aryl methyl sites for hydroxylation is 1. The number of nitrogens with zero attached hydrogens (tertiary/aromatic N) is 8. The average molecular weight is 1020 g/mol. The predicted molar refractivity (Wildman–Crippen MR) is 234 cm³/mol. The van der Waals surface area contributed by atoms with Crippen LogP contribution >= 0.6 is 0 Å². The number of allylic oxidation sites excluding steroid dienone is 1. The topological polar surface area (TPSA) is 410 Å². The predicted octanol–water partition coefficient (Wildman–Crippen LogP) is 5.37. The number of phenolic OH excluding ortho intramolecular Hbond substituents is 1. The van der Waals surface area contributed by atoms with Crippen molar-refractivity contribution in [2.45, 2.75) is 34.1 Å². The fourth-order valence-electron chi connectivity index (χ4n) is 6.51. The molecule has 1 aliphatic carbocycles. The van der Waals surface area contributed by atoms with Gasteiger partial charge in [0.1, 0.15) is 68.3 Å². The average Bonchev–Trinajstić information content (AvgIpc) is 3.62. The summed E-state index contributed by atoms with van der Waals surface area (Å²) in [4.78, 5) is 10.5. The van der Waals surface area contributed by atoms with Crippen molar-refractivity contribution in [3.05, 3.63) is 89.1 Å². The highest BCUT2D eigenvalue weighted by Crippen LogP contribution is 2.45. The van der Waals surface area contributed by atoms with Gasteiger partial charge in [0, 0.05) is 30.0 Å². The maximum absolute atomic E-state index is 12.6. The minimum Gasteiger partial charge on any atom is -0.506 e. The van der Waals surface area contributed by atoms with Crippen LogP contribution in [-0.2, 0) is 39.8 Å². The number of ether oxygens (including phenoxy) is 4. The van der Waals surface area contributed by atoms with Crippen molar-refractivity contribution in [1.82, 2.24) is 9.78 Å². The Morgan fingerprint density at radius 1 is 0.768 bits per heavy atom. The number of phenols is 1. The monoisotopic (exact) mass is 1020 g/mol. The number of azo groups is 3. The third-order valence-corrected chi connectivity index (χ3v) is 12.3. The Hall–Kier alpha value is -7.29. The highest BCUT2D eigenvalue weighted by molar-refractivity contribution is 7.86. The highest BCUT2D eigenvalue weighted by atomic mass is 32.2. The largest absolute Gasteiger partial charge is 0.506 e. The molecule has 0 bridgehead atoms. The van der Waals surface area contributed by atoms with E-state index < -0.39 is 105 Å². The van der Waals surface area contributed by atoms with Crippen LogP contribution in [0.3, 0.4) is 0 Å². The summed E-state index contributed by atoms with van der Waals surface area (Å²) in [5.41, 5.74) is -3.53. The molecule has 1 atom stereocenters. The van der Waals surface area contributed by atoms with Gasteiger partial charge in [-0.3, -0.25) is 13.7 Å². The van der Waals surface area contributed by atoms with Gasteiger partial charge in [-0.25, -0.2) is 4.79 Å². The summed E-state index contributed by atoms with van der Waals surface area (Å²) in [6.07, 6.45) is -0.203. The van der Waals surface area contributed by atoms with E-state index in [1.54, 1.807) is 0 Å². The van der Waals surface area contributed by atoms with Crippen LogP contribution in [0, 0.1) is 6.92 Å². The van der Waals surface area contributed by atoms with Crippen LogP contribution in [0.4, 0.5) is 22.7 Å². The van der Waals surface area contributed by atoms with Crippen LogP contribution in [0.25, 0.3) is 16.5 Å². The SMILES string of the molecule is COc1ccc(N=NC2=CC(OCCO)=C(N=Nc3c(O)ccc4cc(S(=O)(=O)O)cc(-n5nc(C(=O)O)c(N=Nc6cc(C)c(S(=O)(=O)O)cc6OC)c5O)c34)CC2OCCO)c(S(=O)(=O)O)c1. The second kappa shape index (κ2) is 20.5. The molecular formula is C39H38N8O19S3. The Balaban J connectivity index is 1.54. The van der Waals surface area contributed by atoms with Crippen molar-refractivity contribution < 1.29 is 88.2 Å². The summed E-state index contributed by atoms with van der Waals surface area (Å²) < 4.78 is 125. The van der Waals surface area contributed by atoms with Gasteiger partial charge in [0.25, 0.3) is 30.4 Å². The molecule has 1 unspecified atom stereocenters. The molecule has 1 heterocycles. The molecule has 0 saturated heterocycles. The number of aromatic carboxylic acids is 1. The standard InChI is InChI=1S/C39H38N8O19S3/c1-19-12-24(29(64-3)18-32(19)68(57,58)59)42-45-36-37(39(52)53)46-47(38(36)51)27-15-22(67(54,55)56)13-20-4-7-28(50)35(34(20)27)44-43-26-17-30(65-10-8-48)25(16-31(26)66-11-9-49)41-40-23-6-5-21(63-2)14-33(23)69(60,61)62/h4-7,12-16,18,30,48-51H,8-11,17H2,1-3H3,(H,52,53)(H,54,55,56)(H,57,58,59)(H,60,61,62). The number of aliphatic hydroxyl groups is 2. The minimum absolute atomic E-state index is 0.0338. The molecule has 366 valence electrons. The van der Waals surface area contributed by atoms with Crippen LogP contribution in [0.15, 0.2) is 123 Å². The Bertz CT molecular complexity index is 3370. The maximum atomic E-state index is 12.6. The number of carboxylic acid groups (broad SMARTS) is 1. The zero-order valence-corrected chi connectivity index (χ0v) is 38.2. The van der Waals surface area contributed by atoms with E-state index in [1.165, 1.54) is 38.3 Å². The molecule has 1 aliphatic rings. The quantitative estimate of drug-likeness (QED) is 0.0380. The molecule has 27 nitrogen and oxygen atoms in total. The van der Waals surface area contributed by atoms with Gasteiger partial charge in [-0.05, 0) is 54.3 Å². The van der Waals surface area contributed by atoms with Crippen LogP contribution in [0.1, 0.15) is 22.5 Å². The Kier molecular flexibility index (Phi) is 15.2. The third-order valence-electron chi connectivity index (χ3n) is 9.62. The summed E-state index contributed by atoms with van der Waals surface area (Å²) in [5, 5.41) is 80.0. The Morgan fingerprint density at radius 2 is 1.45 bits per heavy atom. The van der Waals surface area contributed by atoms with E-state index in [0.717, 1.165) is 43.5 Å². The Morgan fingerprint density at radius 3 is 2.07 bits per heavy atom. The van der Waals surface area contributed by atoms with E-state index in [9.17, 15) is 69.2 Å². The van der Waals surface area contributed by atoms with Crippen molar-refractivity contribution >= 4 is 69.8 Å². The summed E-state index contributed by atoms with van der Waals surface area (Å²) in [6.45, 7) is -0.317. The number of rotatable bonds is 19. The minimum atomic E-state index is -5.07. The fourth-order valence-corrected chi connectivity index (χ4v) is 8.41. The van der Waals surface area contributed by atoms with Gasteiger partial charge in [-0.1, -0.05) is 6.07 Å². The molecule has 0 radical (unpaired) electrons. The van der Waals surface area contributed by atoms with E-state index in [4.69, 9.17) is 18.9 Å². The smallest absolute Gasteiger partial charge is 0.358 e. The van der Waals surface area contributed by atoms with Crippen molar-refractivity contribution in [3.8, 4) is 28.8 Å². The number of benzene rings is 4. The van der Waals surface area contributed by atoms with Gasteiger partial charge in [-0.2, -0.15) is 45.3 Å². The first-order valence-corrected chi connectivity index (χ1v) is 23.6. The Labute approximate surface area is 389 Å². The lowest BCUT2D eigenvalue weighted by atomic mass is 10.0. The molecule has 30 heteroatoms. The maximum Gasteiger partial charge on any atom is 0.358 e. The van der Waals surface area contributed by atoms with Gasteiger partial charge >= 0.3 is 5.97 Å². The molecule has 5 aromatic rings. The summed E-state index contributed by atoms with van der Waals surface area (Å²) >= 11 is 0. The second-order valence-electron chi connectivity index (χ2n) is 14.1. The highest BCUT2D eigenvalue weighted by Gasteiger charge is 2.30. The first kappa shape index (κ1) is 51.1. The normalized spacial score (nSPS) is 14.9. The number of aromatic hydroxyl groups is 2. The van der Waals surface area contributed by atoms with E-state index >= 15 is 0 Å². The lowest BCUT2D eigenvalue weighted by molar-refractivity contribution is 0.0441. The number of methoxy groups -OCH3 is 2. The van der Waals surface area contributed by atoms with Crippen molar-refractivity contribution in [2.24, 2.45) is 30.7 Å². The first-order valence-electron chi connectivity index (χ1n) is 19.3. The lowest BCUT2D eigenvalue weighted by Gasteiger charge is -2.23. The molecule has 4 aromatic carbocycles. The molecule has 0 aliphatic heterocycles. The zero-order chi connectivity index (χ0) is 50.6. The lowest BCUT2D eigenvalue weighted by Crippen LogP contribution is -2.22. The van der Waals surface area contributed by atoms with E-state index in [0.29, 0.717) is 4.68 Å². The van der Waals surface area contributed by atoms with Crippen LogP contribution in [0.2, 0.25) is 0 Å². The van der Waals surface area contributed by atoms with Gasteiger partial charge in [-0.15, -0.1) is 20.5 Å². The summed E-state index contributed by atoms with van der Waals surface area (Å²) in [6, 6.07) is 9.52. The third kappa shape index (κ3) is 11.4. The number of aromatic nitrogens is 2. The van der Waals surface area contributed by atoms with Gasteiger partial charge in [0.2, 0.25) is 11.6 Å². The molecule has 1 aromatic heterocycles. The summed E-state index contributed by atoms with van der Waals surface area (Å²) in [7, 11) is -12.2. The van der Waals surface area contributed by atoms with Crippen LogP contribution < -0.4 is 9.47 Å². The molecular weight excluding hydrogens is 981 g/mol. The van der Waals surface area contributed by atoms with E-state index in [2.05, 4.69) is 35.8 Å².